The van der Waals surface area contributed by atoms with Crippen molar-refractivity contribution in [2.45, 2.75) is 18.3 Å². The lowest BCUT2D eigenvalue weighted by Gasteiger charge is -2.07. The van der Waals surface area contributed by atoms with Gasteiger partial charge in [-0.1, -0.05) is 12.1 Å². The minimum Gasteiger partial charge on any atom is -0.320 e. The summed E-state index contributed by atoms with van der Waals surface area (Å²) < 4.78 is 36.9. The predicted octanol–water partition coefficient (Wildman–Crippen LogP) is 3.55. The van der Waals surface area contributed by atoms with Crippen LogP contribution >= 0.6 is 11.8 Å². The van der Waals surface area contributed by atoms with Crippen molar-refractivity contribution in [3.8, 4) is 0 Å². The van der Waals surface area contributed by atoms with Crippen LogP contribution in [0.4, 0.5) is 13.2 Å². The smallest absolute Gasteiger partial charge is 0.320 e. The van der Waals surface area contributed by atoms with E-state index in [1.165, 1.54) is 0 Å². The van der Waals surface area contributed by atoms with E-state index in [2.05, 4.69) is 5.32 Å². The third kappa shape index (κ3) is 5.46. The fourth-order valence-electron chi connectivity index (χ4n) is 1.33. The van der Waals surface area contributed by atoms with Gasteiger partial charge in [0, 0.05) is 5.75 Å². The highest BCUT2D eigenvalue weighted by Crippen LogP contribution is 2.29. The summed E-state index contributed by atoms with van der Waals surface area (Å²) in [5.74, 6) is 1.78. The highest BCUT2D eigenvalue weighted by atomic mass is 32.2. The summed E-state index contributed by atoms with van der Waals surface area (Å²) in [5, 5.41) is 3.05. The van der Waals surface area contributed by atoms with Gasteiger partial charge in [-0.3, -0.25) is 0 Å². The van der Waals surface area contributed by atoms with Crippen molar-refractivity contribution < 1.29 is 13.2 Å². The molecule has 0 fully saturated rings. The Morgan fingerprint density at radius 1 is 1.18 bits per heavy atom. The molecule has 1 aromatic rings. The lowest BCUT2D eigenvalue weighted by atomic mass is 10.1. The molecule has 17 heavy (non-hydrogen) atoms. The lowest BCUT2D eigenvalue weighted by Crippen LogP contribution is -2.08. The van der Waals surface area contributed by atoms with Crippen molar-refractivity contribution in [2.24, 2.45) is 0 Å². The Morgan fingerprint density at radius 2 is 1.82 bits per heavy atom. The Balaban J connectivity index is 2.36. The zero-order chi connectivity index (χ0) is 12.7. The second-order valence-electron chi connectivity index (χ2n) is 3.70. The van der Waals surface area contributed by atoms with Gasteiger partial charge in [0.15, 0.2) is 0 Å². The van der Waals surface area contributed by atoms with Crippen molar-refractivity contribution in [2.75, 3.05) is 19.3 Å². The van der Waals surface area contributed by atoms with Crippen LogP contribution < -0.4 is 5.32 Å². The van der Waals surface area contributed by atoms with Crippen LogP contribution in [0.2, 0.25) is 0 Å². The molecule has 5 heteroatoms. The maximum absolute atomic E-state index is 12.3. The van der Waals surface area contributed by atoms with Crippen molar-refractivity contribution in [1.29, 1.82) is 0 Å². The number of halogens is 3. The third-order valence-electron chi connectivity index (χ3n) is 2.27. The van der Waals surface area contributed by atoms with Gasteiger partial charge in [-0.25, -0.2) is 0 Å². The maximum atomic E-state index is 12.3. The lowest BCUT2D eigenvalue weighted by molar-refractivity contribution is -0.137. The van der Waals surface area contributed by atoms with E-state index in [-0.39, 0.29) is 0 Å². The van der Waals surface area contributed by atoms with Crippen molar-refractivity contribution in [3.05, 3.63) is 35.4 Å². The first-order valence-corrected chi connectivity index (χ1v) is 6.58. The molecule has 0 heterocycles. The van der Waals surface area contributed by atoms with E-state index in [0.29, 0.717) is 0 Å². The monoisotopic (exact) mass is 263 g/mol. The first-order valence-electron chi connectivity index (χ1n) is 5.42. The summed E-state index contributed by atoms with van der Waals surface area (Å²) in [6.07, 6.45) is -3.17. The molecule has 0 saturated carbocycles. The second kappa shape index (κ2) is 6.91. The Hall–Kier alpha value is -0.680. The van der Waals surface area contributed by atoms with Crippen LogP contribution in [0.3, 0.4) is 0 Å². The number of alkyl halides is 3. The number of hydrogen-bond donors (Lipinski definition) is 1. The van der Waals surface area contributed by atoms with E-state index in [1.807, 2.05) is 7.05 Å². The van der Waals surface area contributed by atoms with Crippen LogP contribution in [-0.2, 0) is 11.9 Å². The molecule has 0 aliphatic carbocycles. The highest BCUT2D eigenvalue weighted by molar-refractivity contribution is 7.98. The summed E-state index contributed by atoms with van der Waals surface area (Å²) in [6.45, 7) is 0.972. The van der Waals surface area contributed by atoms with Gasteiger partial charge < -0.3 is 5.32 Å². The summed E-state index contributed by atoms with van der Waals surface area (Å²) in [4.78, 5) is 0. The van der Waals surface area contributed by atoms with E-state index in [4.69, 9.17) is 0 Å². The molecular formula is C12H16F3NS. The standard InChI is InChI=1S/C12H16F3NS/c1-16-7-2-8-17-9-10-3-5-11(6-4-10)12(13,14)15/h3-6,16H,2,7-9H2,1H3. The van der Waals surface area contributed by atoms with Gasteiger partial charge in [0.2, 0.25) is 0 Å². The minimum absolute atomic E-state index is 0.582. The van der Waals surface area contributed by atoms with Gasteiger partial charge >= 0.3 is 6.18 Å². The number of benzene rings is 1. The maximum Gasteiger partial charge on any atom is 0.416 e. The van der Waals surface area contributed by atoms with Gasteiger partial charge in [-0.15, -0.1) is 0 Å². The third-order valence-corrected chi connectivity index (χ3v) is 3.38. The fraction of sp³-hybridized carbons (Fsp3) is 0.500. The summed E-state index contributed by atoms with van der Waals surface area (Å²) >= 11 is 1.74. The Labute approximate surface area is 104 Å². The normalized spacial score (nSPS) is 11.8. The Morgan fingerprint density at radius 3 is 2.35 bits per heavy atom. The van der Waals surface area contributed by atoms with Crippen LogP contribution in [0.1, 0.15) is 17.5 Å². The average molecular weight is 263 g/mol. The van der Waals surface area contributed by atoms with Gasteiger partial charge in [0.05, 0.1) is 5.56 Å². The Bertz CT molecular complexity index is 322. The molecule has 0 saturated heterocycles. The molecular weight excluding hydrogens is 247 g/mol. The van der Waals surface area contributed by atoms with Crippen molar-refractivity contribution >= 4 is 11.8 Å². The number of hydrogen-bond acceptors (Lipinski definition) is 2. The van der Waals surface area contributed by atoms with Crippen molar-refractivity contribution in [3.63, 3.8) is 0 Å². The van der Waals surface area contributed by atoms with Crippen LogP contribution in [0, 0.1) is 0 Å². The molecule has 0 aliphatic heterocycles. The predicted molar refractivity (Wildman–Crippen MR) is 66.1 cm³/mol. The van der Waals surface area contributed by atoms with Gasteiger partial charge in [-0.05, 0) is 43.5 Å². The number of nitrogens with one attached hydrogen (secondary N) is 1. The quantitative estimate of drug-likeness (QED) is 0.788. The topological polar surface area (TPSA) is 12.0 Å². The molecule has 0 aromatic heterocycles. The van der Waals surface area contributed by atoms with Gasteiger partial charge in [0.1, 0.15) is 0 Å². The van der Waals surface area contributed by atoms with E-state index in [0.717, 1.165) is 42.2 Å². The van der Waals surface area contributed by atoms with E-state index < -0.39 is 11.7 Å². The SMILES string of the molecule is CNCCCSCc1ccc(C(F)(F)F)cc1. The van der Waals surface area contributed by atoms with Crippen LogP contribution in [0.15, 0.2) is 24.3 Å². The number of rotatable bonds is 6. The largest absolute Gasteiger partial charge is 0.416 e. The second-order valence-corrected chi connectivity index (χ2v) is 4.81. The molecule has 0 radical (unpaired) electrons. The molecule has 0 spiro atoms. The molecule has 0 amide bonds. The first-order chi connectivity index (χ1) is 8.04. The van der Waals surface area contributed by atoms with E-state index in [1.54, 1.807) is 23.9 Å². The molecule has 1 rings (SSSR count). The minimum atomic E-state index is -4.24. The molecule has 1 nitrogen and oxygen atoms in total. The molecule has 1 aromatic carbocycles. The fourth-order valence-corrected chi connectivity index (χ4v) is 2.25. The zero-order valence-corrected chi connectivity index (χ0v) is 10.5. The summed E-state index contributed by atoms with van der Waals surface area (Å²) in [7, 11) is 1.90. The first kappa shape index (κ1) is 14.4. The molecule has 0 bridgehead atoms. The highest BCUT2D eigenvalue weighted by Gasteiger charge is 2.29. The Kier molecular flexibility index (Phi) is 5.85. The summed E-state index contributed by atoms with van der Waals surface area (Å²) in [6, 6.07) is 5.38. The molecule has 96 valence electrons. The van der Waals surface area contributed by atoms with Gasteiger partial charge in [0.25, 0.3) is 0 Å². The zero-order valence-electron chi connectivity index (χ0n) is 9.68. The van der Waals surface area contributed by atoms with Crippen LogP contribution in [-0.4, -0.2) is 19.3 Å². The van der Waals surface area contributed by atoms with Gasteiger partial charge in [-0.2, -0.15) is 24.9 Å². The van der Waals surface area contributed by atoms with Crippen molar-refractivity contribution in [1.82, 2.24) is 5.32 Å². The molecule has 1 N–H and O–H groups in total. The average Bonchev–Trinajstić information content (AvgIpc) is 2.28. The number of thioether (sulfide) groups is 1. The van der Waals surface area contributed by atoms with E-state index >= 15 is 0 Å². The van der Waals surface area contributed by atoms with Crippen LogP contribution in [0.5, 0.6) is 0 Å². The summed E-state index contributed by atoms with van der Waals surface area (Å²) in [5.41, 5.74) is 0.355. The molecule has 0 aliphatic rings. The van der Waals surface area contributed by atoms with Crippen LogP contribution in [0.25, 0.3) is 0 Å². The molecule has 0 unspecified atom stereocenters. The van der Waals surface area contributed by atoms with E-state index in [9.17, 15) is 13.2 Å². The molecule has 0 atom stereocenters.